The van der Waals surface area contributed by atoms with Crippen molar-refractivity contribution < 1.29 is 9.90 Å². The molecule has 2 aromatic rings. The van der Waals surface area contributed by atoms with Crippen molar-refractivity contribution in [2.24, 2.45) is 0 Å². The highest BCUT2D eigenvalue weighted by atomic mass is 32.2. The Morgan fingerprint density at radius 2 is 2.00 bits per heavy atom. The number of aromatic nitrogens is 2. The predicted molar refractivity (Wildman–Crippen MR) is 90.2 cm³/mol. The van der Waals surface area contributed by atoms with E-state index < -0.39 is 0 Å². The Morgan fingerprint density at radius 3 is 2.64 bits per heavy atom. The smallest absolute Gasteiger partial charge is 0.269 e. The van der Waals surface area contributed by atoms with E-state index in [4.69, 9.17) is 0 Å². The molecule has 1 amide bonds. The summed E-state index contributed by atoms with van der Waals surface area (Å²) in [5, 5.41) is 19.0. The van der Waals surface area contributed by atoms with Crippen LogP contribution in [0.3, 0.4) is 0 Å². The number of aromatic amines is 1. The third-order valence-corrected chi connectivity index (χ3v) is 4.18. The van der Waals surface area contributed by atoms with Crippen LogP contribution >= 0.6 is 11.8 Å². The molecule has 0 atom stereocenters. The number of aromatic hydroxyl groups is 1. The van der Waals surface area contributed by atoms with Crippen LogP contribution in [0.15, 0.2) is 30.3 Å². The molecule has 1 aromatic heterocycles. The van der Waals surface area contributed by atoms with Crippen LogP contribution in [0.25, 0.3) is 11.3 Å². The van der Waals surface area contributed by atoms with E-state index in [1.165, 1.54) is 0 Å². The van der Waals surface area contributed by atoms with Gasteiger partial charge in [0.1, 0.15) is 11.4 Å². The summed E-state index contributed by atoms with van der Waals surface area (Å²) in [4.78, 5) is 12.0. The van der Waals surface area contributed by atoms with E-state index in [-0.39, 0.29) is 16.4 Å². The van der Waals surface area contributed by atoms with Gasteiger partial charge in [-0.3, -0.25) is 9.89 Å². The number of rotatable bonds is 5. The fourth-order valence-electron chi connectivity index (χ4n) is 1.84. The Balaban J connectivity index is 1.90. The zero-order valence-corrected chi connectivity index (χ0v) is 13.8. The molecule has 0 spiro atoms. The van der Waals surface area contributed by atoms with Crippen LogP contribution in [-0.4, -0.2) is 38.3 Å². The summed E-state index contributed by atoms with van der Waals surface area (Å²) >= 11 is 1.81. The van der Waals surface area contributed by atoms with Gasteiger partial charge >= 0.3 is 0 Å². The molecular weight excluding hydrogens is 298 g/mol. The van der Waals surface area contributed by atoms with Crippen molar-refractivity contribution in [3.05, 3.63) is 36.0 Å². The van der Waals surface area contributed by atoms with E-state index >= 15 is 0 Å². The molecule has 3 N–H and O–H groups in total. The van der Waals surface area contributed by atoms with Gasteiger partial charge in [0, 0.05) is 22.6 Å². The Hall–Kier alpha value is -1.95. The minimum atomic E-state index is -0.160. The van der Waals surface area contributed by atoms with Gasteiger partial charge in [0.2, 0.25) is 0 Å². The maximum absolute atomic E-state index is 12.0. The maximum Gasteiger partial charge on any atom is 0.269 e. The molecule has 2 rings (SSSR count). The Labute approximate surface area is 134 Å². The Bertz CT molecular complexity index is 630. The van der Waals surface area contributed by atoms with Crippen molar-refractivity contribution in [3.8, 4) is 17.0 Å². The summed E-state index contributed by atoms with van der Waals surface area (Å²) in [5.41, 5.74) is 1.95. The number of benzene rings is 1. The third kappa shape index (κ3) is 4.80. The van der Waals surface area contributed by atoms with Crippen molar-refractivity contribution >= 4 is 17.7 Å². The zero-order valence-electron chi connectivity index (χ0n) is 13.0. The van der Waals surface area contributed by atoms with Gasteiger partial charge in [0.05, 0.1) is 5.69 Å². The fourth-order valence-corrected chi connectivity index (χ4v) is 2.65. The average Bonchev–Trinajstić information content (AvgIpc) is 2.93. The van der Waals surface area contributed by atoms with Crippen LogP contribution < -0.4 is 5.32 Å². The number of thioether (sulfide) groups is 1. The number of nitrogens with zero attached hydrogens (tertiary/aromatic N) is 1. The highest BCUT2D eigenvalue weighted by molar-refractivity contribution is 8.00. The van der Waals surface area contributed by atoms with E-state index in [9.17, 15) is 9.90 Å². The van der Waals surface area contributed by atoms with Crippen molar-refractivity contribution in [1.82, 2.24) is 15.5 Å². The first-order valence-electron chi connectivity index (χ1n) is 7.12. The summed E-state index contributed by atoms with van der Waals surface area (Å²) in [6.45, 7) is 7.07. The number of phenols is 1. The standard InChI is InChI=1S/C16H21N3O2S/c1-16(2,3)22-9-8-17-15(21)14-10-13(18-19-14)11-4-6-12(20)7-5-11/h4-7,10,20H,8-9H2,1-3H3,(H,17,21)(H,18,19). The molecule has 0 aliphatic heterocycles. The van der Waals surface area contributed by atoms with Crippen LogP contribution in [0.2, 0.25) is 0 Å². The number of amides is 1. The van der Waals surface area contributed by atoms with Crippen molar-refractivity contribution in [2.75, 3.05) is 12.3 Å². The molecule has 0 radical (unpaired) electrons. The van der Waals surface area contributed by atoms with Gasteiger partial charge < -0.3 is 10.4 Å². The van der Waals surface area contributed by atoms with E-state index in [1.807, 2.05) is 11.8 Å². The minimum absolute atomic E-state index is 0.160. The highest BCUT2D eigenvalue weighted by Gasteiger charge is 2.12. The lowest BCUT2D eigenvalue weighted by atomic mass is 10.1. The molecule has 1 aromatic carbocycles. The molecule has 0 saturated heterocycles. The molecule has 0 bridgehead atoms. The van der Waals surface area contributed by atoms with Crippen molar-refractivity contribution in [1.29, 1.82) is 0 Å². The topological polar surface area (TPSA) is 78.0 Å². The highest BCUT2D eigenvalue weighted by Crippen LogP contribution is 2.22. The van der Waals surface area contributed by atoms with Crippen molar-refractivity contribution in [3.63, 3.8) is 0 Å². The lowest BCUT2D eigenvalue weighted by Gasteiger charge is -2.17. The molecule has 0 aliphatic rings. The molecule has 6 heteroatoms. The van der Waals surface area contributed by atoms with Gasteiger partial charge in [-0.15, -0.1) is 0 Å². The van der Waals surface area contributed by atoms with Crippen LogP contribution in [0.4, 0.5) is 0 Å². The lowest BCUT2D eigenvalue weighted by Crippen LogP contribution is -2.27. The summed E-state index contributed by atoms with van der Waals surface area (Å²) < 4.78 is 0.199. The van der Waals surface area contributed by atoms with E-state index in [1.54, 1.807) is 30.3 Å². The number of hydrogen-bond acceptors (Lipinski definition) is 4. The van der Waals surface area contributed by atoms with Crippen LogP contribution in [0.1, 0.15) is 31.3 Å². The van der Waals surface area contributed by atoms with Gasteiger partial charge in [-0.2, -0.15) is 16.9 Å². The molecule has 1 heterocycles. The summed E-state index contributed by atoms with van der Waals surface area (Å²) in [7, 11) is 0. The van der Waals surface area contributed by atoms with Gasteiger partial charge in [-0.1, -0.05) is 20.8 Å². The summed E-state index contributed by atoms with van der Waals surface area (Å²) in [5.74, 6) is 0.911. The molecule has 22 heavy (non-hydrogen) atoms. The fraction of sp³-hybridized carbons (Fsp3) is 0.375. The first-order valence-corrected chi connectivity index (χ1v) is 8.11. The van der Waals surface area contributed by atoms with E-state index in [0.717, 1.165) is 11.3 Å². The maximum atomic E-state index is 12.0. The molecular formula is C16H21N3O2S. The average molecular weight is 319 g/mol. The molecule has 0 saturated carbocycles. The quantitative estimate of drug-likeness (QED) is 0.740. The number of H-pyrrole nitrogens is 1. The third-order valence-electron chi connectivity index (χ3n) is 2.91. The van der Waals surface area contributed by atoms with Crippen LogP contribution in [0.5, 0.6) is 5.75 Å². The molecule has 0 aliphatic carbocycles. The summed E-state index contributed by atoms with van der Waals surface area (Å²) in [6.07, 6.45) is 0. The van der Waals surface area contributed by atoms with Gasteiger partial charge in [0.15, 0.2) is 0 Å². The first kappa shape index (κ1) is 16.4. The Kier molecular flexibility index (Phi) is 5.13. The van der Waals surface area contributed by atoms with E-state index in [2.05, 4.69) is 36.3 Å². The van der Waals surface area contributed by atoms with Gasteiger partial charge in [-0.25, -0.2) is 0 Å². The number of carbonyl (C=O) groups is 1. The van der Waals surface area contributed by atoms with Crippen LogP contribution in [-0.2, 0) is 0 Å². The molecule has 0 fully saturated rings. The molecule has 5 nitrogen and oxygen atoms in total. The Morgan fingerprint density at radius 1 is 1.32 bits per heavy atom. The largest absolute Gasteiger partial charge is 0.508 e. The second-order valence-corrected chi connectivity index (χ2v) is 7.85. The lowest BCUT2D eigenvalue weighted by molar-refractivity contribution is 0.0951. The van der Waals surface area contributed by atoms with Crippen molar-refractivity contribution in [2.45, 2.75) is 25.5 Å². The second-order valence-electron chi connectivity index (χ2n) is 5.93. The minimum Gasteiger partial charge on any atom is -0.508 e. The monoisotopic (exact) mass is 319 g/mol. The summed E-state index contributed by atoms with van der Waals surface area (Å²) in [6, 6.07) is 8.40. The molecule has 118 valence electrons. The molecule has 0 unspecified atom stereocenters. The normalized spacial score (nSPS) is 11.4. The van der Waals surface area contributed by atoms with E-state index in [0.29, 0.717) is 17.9 Å². The number of hydrogen-bond donors (Lipinski definition) is 3. The SMILES string of the molecule is CC(C)(C)SCCNC(=O)c1cc(-c2ccc(O)cc2)n[nH]1. The number of carbonyl (C=O) groups excluding carboxylic acids is 1. The van der Waals surface area contributed by atoms with Gasteiger partial charge in [0.25, 0.3) is 5.91 Å². The number of nitrogens with one attached hydrogen (secondary N) is 2. The number of phenolic OH excluding ortho intramolecular Hbond substituents is 1. The zero-order chi connectivity index (χ0) is 16.2. The van der Waals surface area contributed by atoms with Crippen LogP contribution in [0, 0.1) is 0 Å². The van der Waals surface area contributed by atoms with Gasteiger partial charge in [-0.05, 0) is 30.3 Å². The second kappa shape index (κ2) is 6.87. The first-order chi connectivity index (χ1) is 10.3. The predicted octanol–water partition coefficient (Wildman–Crippen LogP) is 3.04.